The van der Waals surface area contributed by atoms with Crippen LogP contribution in [0.1, 0.15) is 33.7 Å². The van der Waals surface area contributed by atoms with Gasteiger partial charge in [0.1, 0.15) is 6.61 Å². The van der Waals surface area contributed by atoms with E-state index in [1.54, 1.807) is 19.2 Å². The number of amides is 1. The molecule has 0 heterocycles. The molecule has 0 radical (unpaired) electrons. The first-order valence-electron chi connectivity index (χ1n) is 10.7. The van der Waals surface area contributed by atoms with Gasteiger partial charge in [-0.1, -0.05) is 54.5 Å². The summed E-state index contributed by atoms with van der Waals surface area (Å²) in [6.45, 7) is 2.07. The van der Waals surface area contributed by atoms with Gasteiger partial charge < -0.3 is 9.47 Å². The Kier molecular flexibility index (Phi) is 6.19. The summed E-state index contributed by atoms with van der Waals surface area (Å²) in [5.74, 6) is 2.23. The van der Waals surface area contributed by atoms with Gasteiger partial charge in [-0.2, -0.15) is 0 Å². The molecule has 0 saturated heterocycles. The number of hydrogen-bond acceptors (Lipinski definition) is 4. The molecule has 1 aliphatic carbocycles. The minimum atomic E-state index is -0.488. The summed E-state index contributed by atoms with van der Waals surface area (Å²) in [5, 5.41) is 0. The highest BCUT2D eigenvalue weighted by atomic mass is 16.6. The van der Waals surface area contributed by atoms with Gasteiger partial charge >= 0.3 is 12.1 Å². The number of methoxy groups -OCH3 is 1. The van der Waals surface area contributed by atoms with Crippen LogP contribution >= 0.6 is 0 Å². The first kappa shape index (κ1) is 22.2. The van der Waals surface area contributed by atoms with E-state index in [4.69, 9.17) is 15.9 Å². The molecule has 5 heteroatoms. The lowest BCUT2D eigenvalue weighted by atomic mass is 9.98. The largest absolute Gasteiger partial charge is 0.469 e. The van der Waals surface area contributed by atoms with Crippen LogP contribution in [0.5, 0.6) is 0 Å². The predicted molar refractivity (Wildman–Crippen MR) is 128 cm³/mol. The Morgan fingerprint density at radius 1 is 1.03 bits per heavy atom. The van der Waals surface area contributed by atoms with Crippen molar-refractivity contribution >= 4 is 17.7 Å². The van der Waals surface area contributed by atoms with Crippen molar-refractivity contribution in [2.24, 2.45) is 0 Å². The number of ether oxygens (including phenoxy) is 2. The van der Waals surface area contributed by atoms with Crippen LogP contribution in [0.25, 0.3) is 11.1 Å². The molecule has 0 saturated carbocycles. The van der Waals surface area contributed by atoms with Crippen LogP contribution in [0, 0.1) is 19.3 Å². The monoisotopic (exact) mass is 439 g/mol. The lowest BCUT2D eigenvalue weighted by molar-refractivity contribution is -0.139. The van der Waals surface area contributed by atoms with Crippen LogP contribution in [0.3, 0.4) is 0 Å². The fraction of sp³-hybridized carbons (Fsp3) is 0.214. The van der Waals surface area contributed by atoms with E-state index in [0.717, 1.165) is 16.7 Å². The maximum Gasteiger partial charge on any atom is 0.414 e. The summed E-state index contributed by atoms with van der Waals surface area (Å²) >= 11 is 0. The Labute approximate surface area is 193 Å². The molecule has 1 amide bonds. The van der Waals surface area contributed by atoms with Gasteiger partial charge in [0.25, 0.3) is 0 Å². The van der Waals surface area contributed by atoms with E-state index in [-0.39, 0.29) is 24.9 Å². The summed E-state index contributed by atoms with van der Waals surface area (Å²) in [4.78, 5) is 26.2. The quantitative estimate of drug-likeness (QED) is 0.411. The van der Waals surface area contributed by atoms with Crippen LogP contribution < -0.4 is 4.90 Å². The molecule has 3 aromatic carbocycles. The molecule has 0 aromatic heterocycles. The average Bonchev–Trinajstić information content (AvgIpc) is 3.16. The van der Waals surface area contributed by atoms with Gasteiger partial charge in [0.05, 0.1) is 19.2 Å². The number of hydrogen-bond donors (Lipinski definition) is 0. The second kappa shape index (κ2) is 9.22. The topological polar surface area (TPSA) is 55.8 Å². The molecule has 0 N–H and O–H groups in total. The van der Waals surface area contributed by atoms with Crippen LogP contribution in [0.2, 0.25) is 0 Å². The average molecular weight is 440 g/mol. The first-order valence-corrected chi connectivity index (χ1v) is 10.7. The van der Waals surface area contributed by atoms with Crippen molar-refractivity contribution in [3.8, 4) is 23.5 Å². The lowest BCUT2D eigenvalue weighted by Crippen LogP contribution is -2.29. The number of carbonyl (C=O) groups excluding carboxylic acids is 2. The predicted octanol–water partition coefficient (Wildman–Crippen LogP) is 5.08. The molecule has 0 unspecified atom stereocenters. The van der Waals surface area contributed by atoms with Crippen LogP contribution in [0.4, 0.5) is 10.5 Å². The molecule has 4 rings (SSSR count). The summed E-state index contributed by atoms with van der Waals surface area (Å²) in [7, 11) is 2.98. The van der Waals surface area contributed by atoms with Crippen LogP contribution in [-0.4, -0.2) is 32.8 Å². The number of fused-ring (bicyclic) bond motifs is 3. The van der Waals surface area contributed by atoms with Crippen molar-refractivity contribution in [1.82, 2.24) is 0 Å². The van der Waals surface area contributed by atoms with Gasteiger partial charge in [-0.15, -0.1) is 6.42 Å². The Balaban J connectivity index is 1.56. The zero-order chi connectivity index (χ0) is 23.5. The van der Waals surface area contributed by atoms with Crippen molar-refractivity contribution in [3.63, 3.8) is 0 Å². The van der Waals surface area contributed by atoms with Gasteiger partial charge in [-0.05, 0) is 52.4 Å². The molecular formula is C28H25NO4. The van der Waals surface area contributed by atoms with Crippen molar-refractivity contribution < 1.29 is 19.1 Å². The van der Waals surface area contributed by atoms with Gasteiger partial charge in [0, 0.05) is 18.5 Å². The Morgan fingerprint density at radius 3 is 2.21 bits per heavy atom. The van der Waals surface area contributed by atoms with Gasteiger partial charge in [-0.3, -0.25) is 9.69 Å². The Bertz CT molecular complexity index is 1230. The molecule has 0 atom stereocenters. The zero-order valence-electron chi connectivity index (χ0n) is 18.9. The lowest BCUT2D eigenvalue weighted by Gasteiger charge is -2.22. The second-order valence-corrected chi connectivity index (χ2v) is 8.05. The Hall–Kier alpha value is -4.04. The van der Waals surface area contributed by atoms with E-state index >= 15 is 0 Å². The van der Waals surface area contributed by atoms with Gasteiger partial charge in [-0.25, -0.2) is 4.79 Å². The maximum absolute atomic E-state index is 13.0. The third-order valence-corrected chi connectivity index (χ3v) is 6.14. The molecule has 1 aliphatic rings. The number of carbonyl (C=O) groups is 2. The van der Waals surface area contributed by atoms with Crippen molar-refractivity contribution in [2.75, 3.05) is 25.7 Å². The fourth-order valence-electron chi connectivity index (χ4n) is 4.39. The van der Waals surface area contributed by atoms with Gasteiger partial charge in [0.2, 0.25) is 0 Å². The third kappa shape index (κ3) is 4.20. The molecular weight excluding hydrogens is 414 g/mol. The fourth-order valence-corrected chi connectivity index (χ4v) is 4.39. The molecule has 166 valence electrons. The Morgan fingerprint density at radius 2 is 1.64 bits per heavy atom. The van der Waals surface area contributed by atoms with Crippen molar-refractivity contribution in [2.45, 2.75) is 19.3 Å². The van der Waals surface area contributed by atoms with Gasteiger partial charge in [0.15, 0.2) is 0 Å². The highest BCUT2D eigenvalue weighted by molar-refractivity contribution is 5.89. The first-order chi connectivity index (χ1) is 15.9. The van der Waals surface area contributed by atoms with E-state index in [2.05, 4.69) is 30.2 Å². The van der Waals surface area contributed by atoms with E-state index in [0.29, 0.717) is 16.8 Å². The molecule has 3 aromatic rings. The minimum Gasteiger partial charge on any atom is -0.469 e. The summed E-state index contributed by atoms with van der Waals surface area (Å²) in [6.07, 6.45) is 5.24. The number of nitrogens with zero attached hydrogens (tertiary/aromatic N) is 1. The molecule has 33 heavy (non-hydrogen) atoms. The number of benzene rings is 3. The number of esters is 1. The highest BCUT2D eigenvalue weighted by Gasteiger charge is 2.29. The summed E-state index contributed by atoms with van der Waals surface area (Å²) < 4.78 is 10.5. The smallest absolute Gasteiger partial charge is 0.414 e. The SMILES string of the molecule is C#Cc1cc(CC(=O)OC)cc(N(C)C(=O)OCC2c3ccccc3-c3ccccc32)c1C. The summed E-state index contributed by atoms with van der Waals surface area (Å²) in [5.41, 5.74) is 7.31. The summed E-state index contributed by atoms with van der Waals surface area (Å²) in [6, 6.07) is 19.9. The van der Waals surface area contributed by atoms with Crippen molar-refractivity contribution in [3.05, 3.63) is 88.5 Å². The van der Waals surface area contributed by atoms with E-state index < -0.39 is 6.09 Å². The van der Waals surface area contributed by atoms with Crippen molar-refractivity contribution in [1.29, 1.82) is 0 Å². The molecule has 0 aliphatic heterocycles. The number of anilines is 1. The maximum atomic E-state index is 13.0. The highest BCUT2D eigenvalue weighted by Crippen LogP contribution is 2.44. The van der Waals surface area contributed by atoms with Crippen LogP contribution in [0.15, 0.2) is 60.7 Å². The molecule has 0 spiro atoms. The molecule has 0 bridgehead atoms. The molecule has 5 nitrogen and oxygen atoms in total. The van der Waals surface area contributed by atoms with E-state index in [1.807, 2.05) is 31.2 Å². The normalized spacial score (nSPS) is 11.8. The van der Waals surface area contributed by atoms with Crippen LogP contribution in [-0.2, 0) is 20.7 Å². The molecule has 0 fully saturated rings. The second-order valence-electron chi connectivity index (χ2n) is 8.05. The van der Waals surface area contributed by atoms with E-state index in [1.165, 1.54) is 23.1 Å². The number of rotatable bonds is 5. The zero-order valence-corrected chi connectivity index (χ0v) is 18.9. The number of terminal acetylenes is 1. The standard InChI is InChI=1S/C28H25NO4/c1-5-20-14-19(16-27(30)32-4)15-26(18(20)2)29(3)28(31)33-17-25-23-12-8-6-10-21(23)22-11-7-9-13-24(22)25/h1,6-15,25H,16-17H2,2-4H3. The minimum absolute atomic E-state index is 0.0252. The third-order valence-electron chi connectivity index (χ3n) is 6.14. The van der Waals surface area contributed by atoms with E-state index in [9.17, 15) is 9.59 Å².